The number of aromatic nitrogens is 1. The van der Waals surface area contributed by atoms with Gasteiger partial charge in [0.05, 0.1) is 0 Å². The number of carbonyl (C=O) groups is 1. The third kappa shape index (κ3) is 3.38. The Morgan fingerprint density at radius 3 is 2.89 bits per heavy atom. The number of benzene rings is 1. The van der Waals surface area contributed by atoms with E-state index >= 15 is 0 Å². The number of amides is 1. The van der Waals surface area contributed by atoms with Gasteiger partial charge >= 0.3 is 0 Å². The van der Waals surface area contributed by atoms with E-state index in [1.807, 2.05) is 49.5 Å². The van der Waals surface area contributed by atoms with E-state index in [0.29, 0.717) is 6.42 Å². The SMILES string of the molecule is CC1=CC(c2ccc3c(c2Cc2cccnc2)CCC(=O)N3)=CN(C)C1O. The molecule has 0 spiro atoms. The van der Waals surface area contributed by atoms with E-state index in [1.165, 1.54) is 11.1 Å². The summed E-state index contributed by atoms with van der Waals surface area (Å²) in [6.07, 6.45) is 9.08. The Morgan fingerprint density at radius 2 is 2.15 bits per heavy atom. The minimum absolute atomic E-state index is 0.0676. The zero-order chi connectivity index (χ0) is 19.0. The van der Waals surface area contributed by atoms with Crippen molar-refractivity contribution in [2.45, 2.75) is 32.4 Å². The molecule has 0 radical (unpaired) electrons. The summed E-state index contributed by atoms with van der Waals surface area (Å²) in [6.45, 7) is 1.94. The van der Waals surface area contributed by atoms with Gasteiger partial charge in [0.15, 0.2) is 0 Å². The molecule has 2 N–H and O–H groups in total. The zero-order valence-electron chi connectivity index (χ0n) is 15.6. The Balaban J connectivity index is 1.84. The summed E-state index contributed by atoms with van der Waals surface area (Å²) >= 11 is 0. The number of nitrogens with zero attached hydrogens (tertiary/aromatic N) is 2. The number of aliphatic hydroxyl groups is 1. The molecule has 0 saturated heterocycles. The van der Waals surface area contributed by atoms with Crippen molar-refractivity contribution in [3.05, 3.63) is 76.8 Å². The number of aliphatic hydroxyl groups excluding tert-OH is 1. The molecule has 3 heterocycles. The Morgan fingerprint density at radius 1 is 1.30 bits per heavy atom. The maximum Gasteiger partial charge on any atom is 0.224 e. The smallest absolute Gasteiger partial charge is 0.224 e. The monoisotopic (exact) mass is 361 g/mol. The molecular weight excluding hydrogens is 338 g/mol. The van der Waals surface area contributed by atoms with Crippen molar-refractivity contribution in [3.63, 3.8) is 0 Å². The highest BCUT2D eigenvalue weighted by atomic mass is 16.3. The molecule has 4 rings (SSSR count). The third-order valence-corrected chi connectivity index (χ3v) is 5.24. The molecule has 1 aromatic heterocycles. The minimum atomic E-state index is -0.590. The van der Waals surface area contributed by atoms with Crippen molar-refractivity contribution >= 4 is 17.2 Å². The maximum atomic E-state index is 11.8. The molecule has 0 aliphatic carbocycles. The van der Waals surface area contributed by atoms with Crippen LogP contribution in [0.4, 0.5) is 5.69 Å². The average molecular weight is 361 g/mol. The van der Waals surface area contributed by atoms with Crippen LogP contribution in [-0.2, 0) is 17.6 Å². The summed E-state index contributed by atoms with van der Waals surface area (Å²) < 4.78 is 0. The van der Waals surface area contributed by atoms with Gasteiger partial charge in [0.2, 0.25) is 5.91 Å². The molecule has 27 heavy (non-hydrogen) atoms. The number of carbonyl (C=O) groups excluding carboxylic acids is 1. The molecular formula is C22H23N3O2. The first-order valence-electron chi connectivity index (χ1n) is 9.17. The quantitative estimate of drug-likeness (QED) is 0.882. The molecule has 1 atom stereocenters. The first kappa shape index (κ1) is 17.5. The van der Waals surface area contributed by atoms with E-state index in [2.05, 4.69) is 22.4 Å². The molecule has 1 aromatic carbocycles. The number of anilines is 1. The van der Waals surface area contributed by atoms with Crippen LogP contribution < -0.4 is 5.32 Å². The van der Waals surface area contributed by atoms with E-state index in [1.54, 1.807) is 6.20 Å². The van der Waals surface area contributed by atoms with E-state index in [4.69, 9.17) is 0 Å². The average Bonchev–Trinajstić information content (AvgIpc) is 2.66. The second-order valence-electron chi connectivity index (χ2n) is 7.22. The second kappa shape index (κ2) is 7.00. The van der Waals surface area contributed by atoms with Crippen LogP contribution in [0, 0.1) is 0 Å². The Hall–Kier alpha value is -2.92. The summed E-state index contributed by atoms with van der Waals surface area (Å²) in [6, 6.07) is 8.07. The Bertz CT molecular complexity index is 948. The van der Waals surface area contributed by atoms with E-state index in [-0.39, 0.29) is 5.91 Å². The van der Waals surface area contributed by atoms with Crippen LogP contribution in [0.25, 0.3) is 5.57 Å². The zero-order valence-corrected chi connectivity index (χ0v) is 15.6. The summed E-state index contributed by atoms with van der Waals surface area (Å²) in [5, 5.41) is 13.2. The fourth-order valence-electron chi connectivity index (χ4n) is 3.84. The number of rotatable bonds is 3. The molecule has 0 fully saturated rings. The van der Waals surface area contributed by atoms with Crippen molar-refractivity contribution in [2.24, 2.45) is 0 Å². The number of allylic oxidation sites excluding steroid dienone is 2. The van der Waals surface area contributed by atoms with E-state index < -0.39 is 6.23 Å². The van der Waals surface area contributed by atoms with E-state index in [9.17, 15) is 9.90 Å². The van der Waals surface area contributed by atoms with Crippen LogP contribution in [0.15, 0.2) is 54.5 Å². The number of hydrogen-bond acceptors (Lipinski definition) is 4. The fourth-order valence-corrected chi connectivity index (χ4v) is 3.84. The second-order valence-corrected chi connectivity index (χ2v) is 7.22. The van der Waals surface area contributed by atoms with Crippen molar-refractivity contribution in [2.75, 3.05) is 12.4 Å². The number of nitrogens with one attached hydrogen (secondary N) is 1. The van der Waals surface area contributed by atoms with Crippen molar-refractivity contribution < 1.29 is 9.90 Å². The lowest BCUT2D eigenvalue weighted by molar-refractivity contribution is -0.116. The van der Waals surface area contributed by atoms with Gasteiger partial charge in [-0.15, -0.1) is 0 Å². The molecule has 138 valence electrons. The molecule has 2 aliphatic rings. The highest BCUT2D eigenvalue weighted by Crippen LogP contribution is 2.35. The third-order valence-electron chi connectivity index (χ3n) is 5.24. The van der Waals surface area contributed by atoms with E-state index in [0.717, 1.165) is 40.8 Å². The molecule has 0 saturated carbocycles. The highest BCUT2D eigenvalue weighted by molar-refractivity contribution is 5.95. The number of fused-ring (bicyclic) bond motifs is 1. The van der Waals surface area contributed by atoms with Gasteiger partial charge in [0.25, 0.3) is 0 Å². The Labute approximate surface area is 159 Å². The van der Waals surface area contributed by atoms with Gasteiger partial charge in [-0.1, -0.05) is 12.1 Å². The van der Waals surface area contributed by atoms with Crippen molar-refractivity contribution in [1.29, 1.82) is 0 Å². The van der Waals surface area contributed by atoms with Gasteiger partial charge in [-0.25, -0.2) is 0 Å². The predicted molar refractivity (Wildman–Crippen MR) is 106 cm³/mol. The lowest BCUT2D eigenvalue weighted by atomic mass is 9.86. The van der Waals surface area contributed by atoms with Crippen molar-refractivity contribution in [3.8, 4) is 0 Å². The molecule has 1 unspecified atom stereocenters. The van der Waals surface area contributed by atoms with Crippen LogP contribution in [0.5, 0.6) is 0 Å². The molecule has 2 aromatic rings. The summed E-state index contributed by atoms with van der Waals surface area (Å²) in [7, 11) is 1.88. The van der Waals surface area contributed by atoms with Gasteiger partial charge in [0, 0.05) is 37.7 Å². The predicted octanol–water partition coefficient (Wildman–Crippen LogP) is 3.11. The summed E-state index contributed by atoms with van der Waals surface area (Å²) in [5.41, 5.74) is 7.55. The first-order chi connectivity index (χ1) is 13.0. The standard InChI is InChI=1S/C22H23N3O2/c1-14-10-16(13-25(2)22(14)27)17-5-7-20-18(6-8-21(26)24-20)19(17)11-15-4-3-9-23-12-15/h3-5,7,9-10,12-13,22,27H,6,8,11H2,1-2H3,(H,24,26). The van der Waals surface area contributed by atoms with Crippen LogP contribution in [0.1, 0.15) is 35.6 Å². The minimum Gasteiger partial charge on any atom is -0.370 e. The number of pyridine rings is 1. The summed E-state index contributed by atoms with van der Waals surface area (Å²) in [4.78, 5) is 17.9. The molecule has 2 aliphatic heterocycles. The van der Waals surface area contributed by atoms with Crippen LogP contribution in [0.3, 0.4) is 0 Å². The van der Waals surface area contributed by atoms with Crippen LogP contribution in [-0.4, -0.2) is 34.2 Å². The largest absolute Gasteiger partial charge is 0.370 e. The fraction of sp³-hybridized carbons (Fsp3) is 0.273. The van der Waals surface area contributed by atoms with Gasteiger partial charge in [-0.05, 0) is 71.4 Å². The lowest BCUT2D eigenvalue weighted by Crippen LogP contribution is -2.30. The Kier molecular flexibility index (Phi) is 4.54. The first-order valence-corrected chi connectivity index (χ1v) is 9.17. The molecule has 5 nitrogen and oxygen atoms in total. The maximum absolute atomic E-state index is 11.8. The topological polar surface area (TPSA) is 65.5 Å². The molecule has 1 amide bonds. The normalized spacial score (nSPS) is 19.1. The van der Waals surface area contributed by atoms with Crippen molar-refractivity contribution in [1.82, 2.24) is 9.88 Å². The highest BCUT2D eigenvalue weighted by Gasteiger charge is 2.23. The van der Waals surface area contributed by atoms with Gasteiger partial charge in [-0.2, -0.15) is 0 Å². The van der Waals surface area contributed by atoms with Gasteiger partial charge < -0.3 is 15.3 Å². The van der Waals surface area contributed by atoms with Crippen LogP contribution in [0.2, 0.25) is 0 Å². The van der Waals surface area contributed by atoms with Crippen LogP contribution >= 0.6 is 0 Å². The number of likely N-dealkylation sites (N-methyl/N-ethyl adjacent to an activating group) is 1. The van der Waals surface area contributed by atoms with Gasteiger partial charge in [-0.3, -0.25) is 9.78 Å². The summed E-state index contributed by atoms with van der Waals surface area (Å²) in [5.74, 6) is 0.0676. The van der Waals surface area contributed by atoms with Gasteiger partial charge in [0.1, 0.15) is 6.23 Å². The molecule has 5 heteroatoms. The number of hydrogen-bond donors (Lipinski definition) is 2. The molecule has 0 bridgehead atoms. The lowest BCUT2D eigenvalue weighted by Gasteiger charge is -2.29.